The van der Waals surface area contributed by atoms with Gasteiger partial charge < -0.3 is 38.8 Å². The smallest absolute Gasteiger partial charge is 0.257 e. The number of halogens is 2. The number of aromatic nitrogens is 1. The number of unbranched alkanes of at least 4 members (excludes halogenated alkanes) is 9. The van der Waals surface area contributed by atoms with Crippen LogP contribution in [0.25, 0.3) is 0 Å². The highest BCUT2D eigenvalue weighted by molar-refractivity contribution is 6.32. The number of carbonyl (C=O) groups excluding carboxylic acids is 1. The Balaban J connectivity index is 0.00000684. The molecule has 37 heavy (non-hydrogen) atoms. The van der Waals surface area contributed by atoms with Crippen molar-refractivity contribution >= 4 is 17.5 Å². The first kappa shape index (κ1) is 33.5. The Hall–Kier alpha value is -1.54. The van der Waals surface area contributed by atoms with Crippen LogP contribution in [-0.4, -0.2) is 25.7 Å². The third-order valence-corrected chi connectivity index (χ3v) is 6.53. The number of carbonyl (C=O) groups is 1. The number of hydrogen-bond donors (Lipinski definition) is 1. The molecule has 7 heteroatoms. The molecule has 0 saturated carbocycles. The maximum atomic E-state index is 12.2. The first-order chi connectivity index (χ1) is 17.6. The molecule has 2 rings (SSSR count). The van der Waals surface area contributed by atoms with E-state index in [4.69, 9.17) is 21.1 Å². The van der Waals surface area contributed by atoms with Crippen molar-refractivity contribution < 1.29 is 42.8 Å². The molecular formula is C30H46ClIN2O3. The highest BCUT2D eigenvalue weighted by atomic mass is 127. The Morgan fingerprint density at radius 1 is 0.892 bits per heavy atom. The number of amides is 1. The summed E-state index contributed by atoms with van der Waals surface area (Å²) in [7, 11) is 0. The minimum absolute atomic E-state index is 0. The SMILES string of the molecule is CCCCCCCCCCCCOc1ccc(OCC(=O)NCCc2cccc[n+]2CCC)cc1Cl.[I-]. The fourth-order valence-electron chi connectivity index (χ4n) is 4.19. The topological polar surface area (TPSA) is 51.4 Å². The predicted octanol–water partition coefficient (Wildman–Crippen LogP) is 4.08. The van der Waals surface area contributed by atoms with Gasteiger partial charge in [-0.1, -0.05) is 89.3 Å². The van der Waals surface area contributed by atoms with Gasteiger partial charge in [0.2, 0.25) is 0 Å². The first-order valence-electron chi connectivity index (χ1n) is 13.9. The van der Waals surface area contributed by atoms with Gasteiger partial charge in [-0.15, -0.1) is 0 Å². The monoisotopic (exact) mass is 644 g/mol. The van der Waals surface area contributed by atoms with E-state index in [2.05, 4.69) is 36.0 Å². The summed E-state index contributed by atoms with van der Waals surface area (Å²) in [4.78, 5) is 12.2. The Kier molecular flexibility index (Phi) is 19.4. The fourth-order valence-corrected chi connectivity index (χ4v) is 4.41. The molecule has 0 aliphatic heterocycles. The zero-order chi connectivity index (χ0) is 25.8. The van der Waals surface area contributed by atoms with E-state index < -0.39 is 0 Å². The van der Waals surface area contributed by atoms with E-state index in [1.807, 2.05) is 18.2 Å². The van der Waals surface area contributed by atoms with Gasteiger partial charge in [0.25, 0.3) is 5.91 Å². The van der Waals surface area contributed by atoms with E-state index in [1.165, 1.54) is 63.5 Å². The maximum absolute atomic E-state index is 12.2. The van der Waals surface area contributed by atoms with Gasteiger partial charge >= 0.3 is 0 Å². The highest BCUT2D eigenvalue weighted by Crippen LogP contribution is 2.29. The summed E-state index contributed by atoms with van der Waals surface area (Å²) in [6, 6.07) is 11.5. The third kappa shape index (κ3) is 14.8. The lowest BCUT2D eigenvalue weighted by Crippen LogP contribution is -3.00. The fraction of sp³-hybridized carbons (Fsp3) is 0.600. The summed E-state index contributed by atoms with van der Waals surface area (Å²) in [6.07, 6.45) is 16.9. The molecule has 0 atom stereocenters. The number of pyridine rings is 1. The summed E-state index contributed by atoms with van der Waals surface area (Å²) >= 11 is 6.36. The van der Waals surface area contributed by atoms with E-state index >= 15 is 0 Å². The predicted molar refractivity (Wildman–Crippen MR) is 148 cm³/mol. The molecule has 0 radical (unpaired) electrons. The molecule has 1 heterocycles. The van der Waals surface area contributed by atoms with E-state index in [0.29, 0.717) is 29.7 Å². The molecule has 5 nitrogen and oxygen atoms in total. The normalized spacial score (nSPS) is 10.6. The van der Waals surface area contributed by atoms with Crippen LogP contribution in [0.1, 0.15) is 90.2 Å². The van der Waals surface area contributed by atoms with Crippen LogP contribution in [0.15, 0.2) is 42.6 Å². The molecule has 2 aromatic rings. The zero-order valence-electron chi connectivity index (χ0n) is 22.8. The molecule has 1 aromatic heterocycles. The van der Waals surface area contributed by atoms with Crippen LogP contribution in [-0.2, 0) is 17.8 Å². The van der Waals surface area contributed by atoms with Crippen LogP contribution < -0.4 is 43.3 Å². The van der Waals surface area contributed by atoms with Crippen LogP contribution in [0.2, 0.25) is 5.02 Å². The van der Waals surface area contributed by atoms with E-state index in [9.17, 15) is 4.79 Å². The largest absolute Gasteiger partial charge is 1.00 e. The van der Waals surface area contributed by atoms with Crippen molar-refractivity contribution in [2.24, 2.45) is 0 Å². The van der Waals surface area contributed by atoms with Crippen molar-refractivity contribution in [2.75, 3.05) is 19.8 Å². The second kappa shape index (κ2) is 21.4. The number of hydrogen-bond acceptors (Lipinski definition) is 3. The van der Waals surface area contributed by atoms with E-state index in [0.717, 1.165) is 25.8 Å². The molecule has 208 valence electrons. The van der Waals surface area contributed by atoms with Crippen LogP contribution in [0, 0.1) is 0 Å². The molecule has 1 N–H and O–H groups in total. The molecule has 0 saturated heterocycles. The summed E-state index contributed by atoms with van der Waals surface area (Å²) in [5, 5.41) is 3.43. The molecule has 0 bridgehead atoms. The lowest BCUT2D eigenvalue weighted by molar-refractivity contribution is -0.704. The van der Waals surface area contributed by atoms with Crippen molar-refractivity contribution in [3.63, 3.8) is 0 Å². The minimum atomic E-state index is -0.148. The second-order valence-corrected chi connectivity index (χ2v) is 9.80. The third-order valence-electron chi connectivity index (χ3n) is 6.23. The lowest BCUT2D eigenvalue weighted by atomic mass is 10.1. The van der Waals surface area contributed by atoms with Crippen LogP contribution in [0.3, 0.4) is 0 Å². The summed E-state index contributed by atoms with van der Waals surface area (Å²) in [5.41, 5.74) is 1.21. The van der Waals surface area contributed by atoms with Gasteiger partial charge in [-0.25, -0.2) is 4.57 Å². The van der Waals surface area contributed by atoms with Gasteiger partial charge in [-0.3, -0.25) is 4.79 Å². The van der Waals surface area contributed by atoms with Gasteiger partial charge in [0.05, 0.1) is 11.6 Å². The number of rotatable bonds is 20. The molecule has 0 spiro atoms. The van der Waals surface area contributed by atoms with Crippen molar-refractivity contribution in [2.45, 2.75) is 97.4 Å². The number of benzene rings is 1. The summed E-state index contributed by atoms with van der Waals surface area (Å²) in [5.74, 6) is 1.07. The number of ether oxygens (including phenoxy) is 2. The zero-order valence-corrected chi connectivity index (χ0v) is 25.7. The van der Waals surface area contributed by atoms with Gasteiger partial charge in [0, 0.05) is 37.6 Å². The minimum Gasteiger partial charge on any atom is -1.00 e. The quantitative estimate of drug-likeness (QED) is 0.134. The van der Waals surface area contributed by atoms with Gasteiger partial charge in [-0.05, 0) is 18.6 Å². The Morgan fingerprint density at radius 2 is 1.59 bits per heavy atom. The van der Waals surface area contributed by atoms with Gasteiger partial charge in [0.1, 0.15) is 18.0 Å². The van der Waals surface area contributed by atoms with Crippen LogP contribution in [0.4, 0.5) is 0 Å². The molecule has 0 unspecified atom stereocenters. The first-order valence-corrected chi connectivity index (χ1v) is 14.3. The molecular weight excluding hydrogens is 599 g/mol. The average molecular weight is 645 g/mol. The van der Waals surface area contributed by atoms with Crippen molar-refractivity contribution in [3.05, 3.63) is 53.3 Å². The Morgan fingerprint density at radius 3 is 2.27 bits per heavy atom. The van der Waals surface area contributed by atoms with E-state index in [-0.39, 0.29) is 36.5 Å². The lowest BCUT2D eigenvalue weighted by Gasteiger charge is -2.11. The Labute approximate surface area is 246 Å². The van der Waals surface area contributed by atoms with Gasteiger partial charge in [-0.2, -0.15) is 0 Å². The second-order valence-electron chi connectivity index (χ2n) is 9.40. The van der Waals surface area contributed by atoms with Crippen LogP contribution >= 0.6 is 11.6 Å². The molecule has 0 fully saturated rings. The average Bonchev–Trinajstić information content (AvgIpc) is 2.88. The standard InChI is InChI=1S/C30H45ClN2O3.HI/c1-3-5-6-7-8-9-10-11-12-15-23-35-29-18-17-27(24-28(29)31)36-25-30(34)32-20-19-26-16-13-14-22-33(26)21-4-2;/h13-14,16-18,22,24H,3-12,15,19-21,23,25H2,1-2H3;1H. The van der Waals surface area contributed by atoms with Crippen molar-refractivity contribution in [1.29, 1.82) is 0 Å². The van der Waals surface area contributed by atoms with Crippen LogP contribution in [0.5, 0.6) is 11.5 Å². The molecule has 1 aromatic carbocycles. The van der Waals surface area contributed by atoms with Gasteiger partial charge in [0.15, 0.2) is 18.5 Å². The van der Waals surface area contributed by atoms with Crippen molar-refractivity contribution in [3.8, 4) is 11.5 Å². The number of nitrogens with zero attached hydrogens (tertiary/aromatic N) is 1. The highest BCUT2D eigenvalue weighted by Gasteiger charge is 2.10. The summed E-state index contributed by atoms with van der Waals surface area (Å²) < 4.78 is 13.7. The summed E-state index contributed by atoms with van der Waals surface area (Å²) in [6.45, 7) is 6.59. The molecule has 1 amide bonds. The number of nitrogens with one attached hydrogen (secondary N) is 1. The number of aryl methyl sites for hydroxylation is 1. The van der Waals surface area contributed by atoms with E-state index in [1.54, 1.807) is 12.1 Å². The molecule has 0 aliphatic rings. The Bertz CT molecular complexity index is 882. The maximum Gasteiger partial charge on any atom is 0.257 e. The van der Waals surface area contributed by atoms with Crippen molar-refractivity contribution in [1.82, 2.24) is 5.32 Å². The molecule has 0 aliphatic carbocycles.